The molecule has 0 aliphatic heterocycles. The van der Waals surface area contributed by atoms with E-state index in [0.717, 1.165) is 186 Å². The van der Waals surface area contributed by atoms with Crippen LogP contribution in [0.1, 0.15) is 80.4 Å². The highest BCUT2D eigenvalue weighted by molar-refractivity contribution is 8.19. The number of hydrogen-bond donors (Lipinski definition) is 7. The second-order valence-electron chi connectivity index (χ2n) is 32.7. The third kappa shape index (κ3) is 16.7. The molecule has 27 nitrogen and oxygen atoms in total. The summed E-state index contributed by atoms with van der Waals surface area (Å²) in [5, 5.41) is 16.9. The molecule has 12 aromatic heterocycles. The van der Waals surface area contributed by atoms with E-state index in [4.69, 9.17) is 35.2 Å². The number of nitrogens with zero attached hydrogens (tertiary/aromatic N) is 11. The van der Waals surface area contributed by atoms with Crippen molar-refractivity contribution in [3.05, 3.63) is 241 Å². The van der Waals surface area contributed by atoms with Gasteiger partial charge < -0.3 is 78.6 Å². The minimum absolute atomic E-state index is 0.0370. The van der Waals surface area contributed by atoms with Crippen LogP contribution in [-0.2, 0) is 48.0 Å². The van der Waals surface area contributed by atoms with Gasteiger partial charge >= 0.3 is 11.4 Å². The predicted molar refractivity (Wildman–Crippen MR) is 519 cm³/mol. The van der Waals surface area contributed by atoms with Gasteiger partial charge in [-0.3, -0.25) is 13.5 Å². The monoisotopic (exact) mass is 1760 g/mol. The maximum absolute atomic E-state index is 11.3. The summed E-state index contributed by atoms with van der Waals surface area (Å²) in [6.45, 7) is 19.5. The second-order valence-corrected chi connectivity index (χ2v) is 35.1. The number of amides is 1. The SMILES string of the molecule is CC(=O)Nc1ccc2c(c1)c1cc3nc(C)oc3cc1n2C.CCCCN(CCCOS(=O)O)c1ccc2c(c1)c1cc3nc(C)oc3cc1n2C.Cc1ccc2[nH]c3cc4oc(C)nc4cc3c2c1.Cc1nc2cc3c(cc2o1)[nH]c1ccccc13.Cc1nc2cc3c4ccccc4n(C)c3cc2o1.Cc1nc2cc3c4ccccc4n(CCCS(O)(O)O)c3cc2o1. The van der Waals surface area contributed by atoms with Gasteiger partial charge in [-0.25, -0.2) is 29.9 Å². The van der Waals surface area contributed by atoms with Crippen molar-refractivity contribution in [2.24, 2.45) is 21.1 Å². The van der Waals surface area contributed by atoms with E-state index in [1.54, 1.807) is 0 Å². The molecule has 24 rings (SSSR count). The first-order valence-electron chi connectivity index (χ1n) is 42.6. The molecule has 1 unspecified atom stereocenters. The maximum atomic E-state index is 11.3. The molecule has 0 bridgehead atoms. The third-order valence-electron chi connectivity index (χ3n) is 23.7. The van der Waals surface area contributed by atoms with Gasteiger partial charge in [0.1, 0.15) is 33.1 Å². The molecule has 1 atom stereocenters. The molecular formula is C100H94N14O13S2. The summed E-state index contributed by atoms with van der Waals surface area (Å²) in [6.07, 6.45) is 3.33. The van der Waals surface area contributed by atoms with Crippen molar-refractivity contribution in [1.29, 1.82) is 0 Å². The number of nitrogens with one attached hydrogen (secondary N) is 3. The number of aromatic nitrogens is 12. The molecule has 0 saturated heterocycles. The van der Waals surface area contributed by atoms with Crippen molar-refractivity contribution in [1.82, 2.24) is 58.1 Å². The van der Waals surface area contributed by atoms with E-state index in [-0.39, 0.29) is 18.3 Å². The number of aryl methyl sites for hydroxylation is 11. The number of carbonyl (C=O) groups is 1. The molecule has 7 N–H and O–H groups in total. The highest BCUT2D eigenvalue weighted by Gasteiger charge is 2.22. The molecule has 0 spiro atoms. The quantitative estimate of drug-likeness (QED) is 0.0393. The van der Waals surface area contributed by atoms with Gasteiger partial charge in [-0.1, -0.05) is 79.6 Å². The minimum atomic E-state index is -3.46. The Hall–Kier alpha value is -14.2. The molecule has 1 amide bonds. The van der Waals surface area contributed by atoms with Gasteiger partial charge in [0.25, 0.3) is 0 Å². The minimum Gasteiger partial charge on any atom is -0.441 e. The van der Waals surface area contributed by atoms with E-state index in [2.05, 4.69) is 212 Å². The van der Waals surface area contributed by atoms with Crippen LogP contribution in [0.15, 0.2) is 227 Å². The van der Waals surface area contributed by atoms with Gasteiger partial charge in [-0.05, 0) is 129 Å². The van der Waals surface area contributed by atoms with Gasteiger partial charge in [-0.2, -0.15) is 4.21 Å². The maximum Gasteiger partial charge on any atom is 0.301 e. The Morgan fingerprint density at radius 2 is 0.798 bits per heavy atom. The van der Waals surface area contributed by atoms with Gasteiger partial charge in [0.15, 0.2) is 68.8 Å². The number of rotatable bonds is 14. The Balaban J connectivity index is 0.000000102. The van der Waals surface area contributed by atoms with Crippen LogP contribution in [0.5, 0.6) is 0 Å². The highest BCUT2D eigenvalue weighted by atomic mass is 32.3. The topological polar surface area (TPSA) is 347 Å². The van der Waals surface area contributed by atoms with Gasteiger partial charge in [0.2, 0.25) is 5.91 Å². The highest BCUT2D eigenvalue weighted by Crippen LogP contribution is 2.41. The van der Waals surface area contributed by atoms with E-state index in [9.17, 15) is 22.7 Å². The van der Waals surface area contributed by atoms with Crippen LogP contribution in [-0.4, -0.2) is 112 Å². The molecule has 0 radical (unpaired) electrons. The van der Waals surface area contributed by atoms with Gasteiger partial charge in [0.05, 0.1) is 50.6 Å². The van der Waals surface area contributed by atoms with Crippen molar-refractivity contribution in [3.63, 3.8) is 0 Å². The normalized spacial score (nSPS) is 12.3. The lowest BCUT2D eigenvalue weighted by Crippen LogP contribution is -2.26. The summed E-state index contributed by atoms with van der Waals surface area (Å²) in [6, 6.07) is 68.3. The van der Waals surface area contributed by atoms with Gasteiger partial charge in [-0.15, -0.1) is 0 Å². The largest absolute Gasteiger partial charge is 0.441 e. The average Bonchev–Trinajstić information content (AvgIpc) is 1.61. The van der Waals surface area contributed by atoms with Crippen LogP contribution < -0.4 is 10.2 Å². The lowest BCUT2D eigenvalue weighted by molar-refractivity contribution is -0.114. The molecule has 0 saturated carbocycles. The summed E-state index contributed by atoms with van der Waals surface area (Å²) in [4.78, 5) is 46.9. The predicted octanol–water partition coefficient (Wildman–Crippen LogP) is 25.2. The summed E-state index contributed by atoms with van der Waals surface area (Å²) in [7, 11) is 2.72. The molecule has 0 fully saturated rings. The fourth-order valence-corrected chi connectivity index (χ4v) is 18.7. The smallest absolute Gasteiger partial charge is 0.301 e. The number of H-pyrrole nitrogens is 2. The molecule has 29 heteroatoms. The number of oxazole rings is 6. The van der Waals surface area contributed by atoms with E-state index in [1.807, 2.05) is 134 Å². The zero-order valence-corrected chi connectivity index (χ0v) is 74.7. The van der Waals surface area contributed by atoms with Crippen LogP contribution in [0.2, 0.25) is 0 Å². The first-order chi connectivity index (χ1) is 62.2. The number of fused-ring (bicyclic) bond motifs is 24. The Morgan fingerprint density at radius 3 is 1.29 bits per heavy atom. The summed E-state index contributed by atoms with van der Waals surface area (Å²) < 4.78 is 94.2. The number of carbonyl (C=O) groups excluding carboxylic acids is 1. The van der Waals surface area contributed by atoms with Crippen LogP contribution in [0.4, 0.5) is 11.4 Å². The molecule has 24 aromatic rings. The standard InChI is InChI=1S/C22H27N3O4S.C17H15N3O2.C17H18N2O4S.2C15H12N2O.C14H10N2O/c1-4-5-9-25(10-6-11-28-30(26)27)16-7-8-20-17(12-16)18-13-19-22(29-15(2)23-19)14-21(18)24(20)3;1-9(21)18-11-4-5-15-12(6-11)13-7-14-17(22-10(2)19-14)8-16(13)20(15)3;1-11-18-14-9-13-12-5-2-3-6-15(12)19(7-4-8-24(20,21)22)16(13)10-17(14)23-11;1-8-3-4-12-10(5-8)11-6-14-15(7-13(11)17-12)18-9(2)16-14;1-9-16-12-7-11-10-5-3-4-6-13(10)17(2)14(11)8-15(12)18-9;1-8-15-13-6-10-9-4-2-3-5-11(9)16-12(10)7-14(13)17-8/h7-8,12-14H,4-6,9-11H2,1-3H3,(H,26,27);4-8H,1-3H3,(H,18,21);2-3,5-6,9-10,20-22H,4,7-8H2,1H3;3-7,17H,1-2H3;3-8H,1-2H3;2-7,16H,1H3. The van der Waals surface area contributed by atoms with E-state index in [1.165, 1.54) is 61.2 Å². The molecule has 0 aliphatic carbocycles. The fourth-order valence-electron chi connectivity index (χ4n) is 17.9. The third-order valence-corrected chi connectivity index (χ3v) is 24.9. The summed E-state index contributed by atoms with van der Waals surface area (Å²) in [5.41, 5.74) is 26.8. The van der Waals surface area contributed by atoms with Crippen LogP contribution >= 0.6 is 10.9 Å². The van der Waals surface area contributed by atoms with Crippen LogP contribution in [0.3, 0.4) is 0 Å². The fraction of sp³-hybridized carbons (Fsp3) is 0.210. The number of hydrogen-bond acceptors (Lipinski definition) is 19. The van der Waals surface area contributed by atoms with Crippen molar-refractivity contribution >= 4 is 237 Å². The molecule has 12 aromatic carbocycles. The average molecular weight is 1760 g/mol. The van der Waals surface area contributed by atoms with Crippen molar-refractivity contribution in [2.75, 3.05) is 35.7 Å². The molecule has 129 heavy (non-hydrogen) atoms. The number of anilines is 2. The second kappa shape index (κ2) is 34.2. The van der Waals surface area contributed by atoms with Crippen molar-refractivity contribution in [3.8, 4) is 0 Å². The Bertz CT molecular complexity index is 8510. The van der Waals surface area contributed by atoms with E-state index in [0.29, 0.717) is 54.7 Å². The van der Waals surface area contributed by atoms with Crippen molar-refractivity contribution in [2.45, 2.75) is 94.5 Å². The van der Waals surface area contributed by atoms with E-state index < -0.39 is 22.2 Å². The molecule has 654 valence electrons. The number of aromatic amines is 2. The lowest BCUT2D eigenvalue weighted by atomic mass is 10.1. The van der Waals surface area contributed by atoms with Crippen LogP contribution in [0.25, 0.3) is 197 Å². The molecular weight excluding hydrogens is 1670 g/mol. The number of unbranched alkanes of at least 4 members (excludes halogenated alkanes) is 1. The number of para-hydroxylation sites is 3. The van der Waals surface area contributed by atoms with E-state index >= 15 is 0 Å². The zero-order chi connectivity index (χ0) is 89.5. The first-order valence-corrected chi connectivity index (χ1v) is 45.3. The summed E-state index contributed by atoms with van der Waals surface area (Å²) >= 11 is -2.21. The lowest BCUT2D eigenvalue weighted by Gasteiger charge is -2.25. The molecule has 12 heterocycles. The van der Waals surface area contributed by atoms with Crippen molar-refractivity contribution < 1.29 is 57.9 Å². The zero-order valence-electron chi connectivity index (χ0n) is 73.1. The summed E-state index contributed by atoms with van der Waals surface area (Å²) in [5.74, 6) is 3.97. The Labute approximate surface area is 740 Å². The van der Waals surface area contributed by atoms with Crippen LogP contribution in [0, 0.1) is 48.5 Å². The van der Waals surface area contributed by atoms with Gasteiger partial charge in [0, 0.05) is 241 Å². The first kappa shape index (κ1) is 84.3. The molecule has 0 aliphatic rings. The Morgan fingerprint density at radius 1 is 0.411 bits per heavy atom. The number of benzene rings is 12. The Kier molecular flexibility index (Phi) is 22.4.